The zero-order chi connectivity index (χ0) is 56.3. The van der Waals surface area contributed by atoms with E-state index >= 15 is 0 Å². The van der Waals surface area contributed by atoms with Crippen LogP contribution in [0.4, 0.5) is 0 Å². The van der Waals surface area contributed by atoms with E-state index in [1.807, 2.05) is 72.8 Å². The third kappa shape index (κ3) is 13.7. The molecule has 6 aromatic carbocycles. The van der Waals surface area contributed by atoms with Crippen LogP contribution in [0.15, 0.2) is 293 Å². The zero-order valence-electron chi connectivity index (χ0n) is 46.4. The smallest absolute Gasteiger partial charge is 1.00 e. The number of nitrogens with zero attached hydrogens (tertiary/aromatic N) is 12. The second-order valence-corrected chi connectivity index (χ2v) is 19.3. The zero-order valence-corrected chi connectivity index (χ0v) is 49.8. The van der Waals surface area contributed by atoms with Gasteiger partial charge in [-0.3, -0.25) is 59.8 Å². The molecule has 430 valence electrons. The van der Waals surface area contributed by atoms with Gasteiger partial charge in [-0.1, -0.05) is 146 Å². The fourth-order valence-electron chi connectivity index (χ4n) is 10.1. The summed E-state index contributed by atoms with van der Waals surface area (Å²) < 4.78 is 0. The number of hydrogen-bond donors (Lipinski definition) is 0. The molecule has 12 heterocycles. The number of hydrogen-bond acceptors (Lipinski definition) is 12. The Bertz CT molecular complexity index is 4170. The van der Waals surface area contributed by atoms with Gasteiger partial charge in [0.15, 0.2) is 0 Å². The van der Waals surface area contributed by atoms with E-state index in [-0.39, 0.29) is 59.0 Å². The number of benzene rings is 6. The Morgan fingerprint density at radius 1 is 0.125 bits per heavy atom. The summed E-state index contributed by atoms with van der Waals surface area (Å²) in [7, 11) is 0. The fraction of sp³-hybridized carbons (Fsp3) is 0. The molecule has 0 aliphatic rings. The summed E-state index contributed by atoms with van der Waals surface area (Å²) >= 11 is 0. The van der Waals surface area contributed by atoms with Crippen LogP contribution in [-0.2, 0) is 34.1 Å². The van der Waals surface area contributed by atoms with Crippen molar-refractivity contribution in [3.8, 4) is 0 Å². The van der Waals surface area contributed by atoms with Crippen LogP contribution in [0, 0.1) is 0 Å². The average molecular weight is 1280 g/mol. The first-order chi connectivity index (χ1) is 41.7. The van der Waals surface area contributed by atoms with Crippen molar-refractivity contribution in [3.63, 3.8) is 0 Å². The molecule has 0 fully saturated rings. The van der Waals surface area contributed by atoms with Crippen LogP contribution in [0.1, 0.15) is 0 Å². The van der Waals surface area contributed by atoms with Crippen LogP contribution in [0.3, 0.4) is 0 Å². The molecule has 18 rings (SSSR count). The minimum absolute atomic E-state index is 0. The Hall–Kier alpha value is -10.1. The number of fused-ring (bicyclic) bond motifs is 18. The van der Waals surface area contributed by atoms with Gasteiger partial charge in [-0.2, -0.15) is 0 Å². The van der Waals surface area contributed by atoms with Crippen LogP contribution < -0.4 is 24.8 Å². The minimum Gasteiger partial charge on any atom is -1.00 e. The molecule has 0 saturated carbocycles. The minimum atomic E-state index is 0. The number of rotatable bonds is 0. The monoisotopic (exact) mass is 1280 g/mol. The standard InChI is InChI=1S/6C12H8N2.2ClH.2Cu/c6*1-3-9-5-6-10-4-2-8-14-12(10)11(9)13-7-1;;;;/h6*1-8H;2*1H;;/q;;;;;;;;2*+2/p-2. The van der Waals surface area contributed by atoms with E-state index in [0.29, 0.717) is 0 Å². The van der Waals surface area contributed by atoms with Gasteiger partial charge >= 0.3 is 34.1 Å². The van der Waals surface area contributed by atoms with Crippen molar-refractivity contribution in [1.29, 1.82) is 0 Å². The van der Waals surface area contributed by atoms with Crippen molar-refractivity contribution in [2.24, 2.45) is 0 Å². The molecule has 16 heteroatoms. The van der Waals surface area contributed by atoms with Crippen molar-refractivity contribution in [3.05, 3.63) is 293 Å². The summed E-state index contributed by atoms with van der Waals surface area (Å²) in [6.07, 6.45) is 21.6. The molecule has 18 aromatic rings. The van der Waals surface area contributed by atoms with Crippen molar-refractivity contribution < 1.29 is 59.0 Å². The number of pyridine rings is 12. The van der Waals surface area contributed by atoms with Crippen LogP contribution in [-0.4, -0.2) is 59.8 Å². The molecule has 0 aliphatic heterocycles. The molecule has 2 radical (unpaired) electrons. The maximum Gasteiger partial charge on any atom is 2.00 e. The van der Waals surface area contributed by atoms with Crippen molar-refractivity contribution in [2.45, 2.75) is 0 Å². The average Bonchev–Trinajstić information content (AvgIpc) is 3.13. The van der Waals surface area contributed by atoms with Crippen LogP contribution >= 0.6 is 0 Å². The van der Waals surface area contributed by atoms with Gasteiger partial charge in [0.2, 0.25) is 0 Å². The first-order valence-electron chi connectivity index (χ1n) is 27.2. The fourth-order valence-corrected chi connectivity index (χ4v) is 10.1. The van der Waals surface area contributed by atoms with Gasteiger partial charge in [-0.15, -0.1) is 0 Å². The number of aromatic nitrogens is 12. The van der Waals surface area contributed by atoms with Gasteiger partial charge in [0.05, 0.1) is 66.2 Å². The van der Waals surface area contributed by atoms with E-state index in [0.717, 1.165) is 131 Å². The number of halogens is 2. The largest absolute Gasteiger partial charge is 2.00 e. The van der Waals surface area contributed by atoms with E-state index in [2.05, 4.69) is 205 Å². The summed E-state index contributed by atoms with van der Waals surface area (Å²) in [6, 6.07) is 72.8. The Labute approximate surface area is 538 Å². The molecule has 88 heavy (non-hydrogen) atoms. The summed E-state index contributed by atoms with van der Waals surface area (Å²) in [5.41, 5.74) is 11.7. The first kappa shape index (κ1) is 62.4. The summed E-state index contributed by atoms with van der Waals surface area (Å²) in [4.78, 5) is 52.2. The Morgan fingerprint density at radius 2 is 0.205 bits per heavy atom. The summed E-state index contributed by atoms with van der Waals surface area (Å²) in [6.45, 7) is 0. The molecule has 0 amide bonds. The van der Waals surface area contributed by atoms with Gasteiger partial charge in [0, 0.05) is 139 Å². The molecular weight excluding hydrogens is 1230 g/mol. The van der Waals surface area contributed by atoms with E-state index < -0.39 is 0 Å². The van der Waals surface area contributed by atoms with E-state index in [1.54, 1.807) is 74.4 Å². The quantitative estimate of drug-likeness (QED) is 0.105. The van der Waals surface area contributed by atoms with Crippen LogP contribution in [0.25, 0.3) is 131 Å². The van der Waals surface area contributed by atoms with Gasteiger partial charge in [-0.25, -0.2) is 0 Å². The third-order valence-corrected chi connectivity index (χ3v) is 14.1. The molecule has 0 spiro atoms. The molecule has 0 saturated heterocycles. The van der Waals surface area contributed by atoms with E-state index in [9.17, 15) is 0 Å². The second-order valence-electron chi connectivity index (χ2n) is 19.3. The summed E-state index contributed by atoms with van der Waals surface area (Å²) in [5.74, 6) is 0. The van der Waals surface area contributed by atoms with Gasteiger partial charge in [0.25, 0.3) is 0 Å². The first-order valence-corrected chi connectivity index (χ1v) is 27.2. The molecule has 0 atom stereocenters. The SMILES string of the molecule is [Cl-].[Cl-].[Cu+2].[Cu+2].c1cnc2c(c1)ccc1cccnc12.c1cnc2c(c1)ccc1cccnc12.c1cnc2c(c1)ccc1cccnc12.c1cnc2c(c1)ccc1cccnc12.c1cnc2c(c1)ccc1cccnc12.c1cnc2c(c1)ccc1cccnc12. The van der Waals surface area contributed by atoms with Crippen LogP contribution in [0.2, 0.25) is 0 Å². The second kappa shape index (κ2) is 29.8. The molecule has 0 bridgehead atoms. The van der Waals surface area contributed by atoms with E-state index in [1.165, 1.54) is 0 Å². The van der Waals surface area contributed by atoms with Crippen molar-refractivity contribution in [1.82, 2.24) is 59.8 Å². The molecule has 0 aliphatic carbocycles. The Balaban J connectivity index is 0.000000125. The maximum absolute atomic E-state index is 4.35. The topological polar surface area (TPSA) is 155 Å². The molecule has 12 nitrogen and oxygen atoms in total. The third-order valence-electron chi connectivity index (χ3n) is 14.1. The van der Waals surface area contributed by atoms with Crippen LogP contribution in [0.5, 0.6) is 0 Å². The van der Waals surface area contributed by atoms with Gasteiger partial charge < -0.3 is 24.8 Å². The van der Waals surface area contributed by atoms with Gasteiger partial charge in [0.1, 0.15) is 0 Å². The molecule has 12 aromatic heterocycles. The Morgan fingerprint density at radius 3 is 0.284 bits per heavy atom. The van der Waals surface area contributed by atoms with E-state index in [4.69, 9.17) is 0 Å². The Kier molecular flexibility index (Phi) is 21.1. The molecular formula is C72H48Cl2Cu2N12+2. The normalized spacial score (nSPS) is 10.4. The van der Waals surface area contributed by atoms with Crippen molar-refractivity contribution >= 4 is 131 Å². The molecule has 0 N–H and O–H groups in total. The predicted molar refractivity (Wildman–Crippen MR) is 342 cm³/mol. The summed E-state index contributed by atoms with van der Waals surface area (Å²) in [5, 5.41) is 13.7. The van der Waals surface area contributed by atoms with Crippen molar-refractivity contribution in [2.75, 3.05) is 0 Å². The molecule has 0 unspecified atom stereocenters. The maximum atomic E-state index is 4.35. The van der Waals surface area contributed by atoms with Gasteiger partial charge in [-0.05, 0) is 72.8 Å². The predicted octanol–water partition coefficient (Wildman–Crippen LogP) is 10.7.